The van der Waals surface area contributed by atoms with E-state index in [9.17, 15) is 0 Å². The van der Waals surface area contributed by atoms with Gasteiger partial charge in [-0.05, 0) is 11.8 Å². The second-order valence-corrected chi connectivity index (χ2v) is 4.98. The highest BCUT2D eigenvalue weighted by Crippen LogP contribution is 2.31. The van der Waals surface area contributed by atoms with Crippen molar-refractivity contribution in [2.45, 2.75) is 71.6 Å². The van der Waals surface area contributed by atoms with E-state index in [2.05, 4.69) is 13.8 Å². The van der Waals surface area contributed by atoms with Gasteiger partial charge in [-0.25, -0.2) is 0 Å². The molecule has 13 heavy (non-hydrogen) atoms. The van der Waals surface area contributed by atoms with E-state index in [1.54, 1.807) is 0 Å². The molecule has 1 saturated carbocycles. The largest absolute Gasteiger partial charge is 0.0654 e. The Kier molecular flexibility index (Phi) is 5.50. The molecule has 0 heteroatoms. The minimum Gasteiger partial charge on any atom is -0.0654 e. The van der Waals surface area contributed by atoms with Crippen LogP contribution in [-0.2, 0) is 0 Å². The Morgan fingerprint density at radius 3 is 2.23 bits per heavy atom. The Labute approximate surface area is 84.1 Å². The molecule has 78 valence electrons. The fourth-order valence-corrected chi connectivity index (χ4v) is 2.48. The van der Waals surface area contributed by atoms with Gasteiger partial charge >= 0.3 is 0 Å². The molecule has 0 N–H and O–H groups in total. The summed E-state index contributed by atoms with van der Waals surface area (Å²) < 4.78 is 0. The highest BCUT2D eigenvalue weighted by molar-refractivity contribution is 4.69. The molecule has 0 aliphatic heterocycles. The Hall–Kier alpha value is 0. The Balaban J connectivity index is 1.96. The molecule has 0 aromatic heterocycles. The number of hydrogen-bond acceptors (Lipinski definition) is 0. The van der Waals surface area contributed by atoms with E-state index in [-0.39, 0.29) is 0 Å². The van der Waals surface area contributed by atoms with Crippen LogP contribution in [0.4, 0.5) is 0 Å². The van der Waals surface area contributed by atoms with Crippen LogP contribution in [0.25, 0.3) is 0 Å². The van der Waals surface area contributed by atoms with Gasteiger partial charge in [0.05, 0.1) is 0 Å². The maximum Gasteiger partial charge on any atom is -0.0414 e. The molecule has 0 atom stereocenters. The zero-order valence-electron chi connectivity index (χ0n) is 9.52. The molecule has 0 aromatic carbocycles. The van der Waals surface area contributed by atoms with E-state index in [1.165, 1.54) is 57.8 Å². The van der Waals surface area contributed by atoms with Crippen molar-refractivity contribution in [1.82, 2.24) is 0 Å². The third kappa shape index (κ3) is 4.69. The van der Waals surface area contributed by atoms with Gasteiger partial charge in [-0.2, -0.15) is 0 Å². The van der Waals surface area contributed by atoms with Crippen LogP contribution in [-0.4, -0.2) is 0 Å². The minimum atomic E-state index is 1.02. The first-order valence-corrected chi connectivity index (χ1v) is 6.33. The molecule has 0 spiro atoms. The van der Waals surface area contributed by atoms with Crippen molar-refractivity contribution in [2.24, 2.45) is 11.8 Å². The van der Waals surface area contributed by atoms with Gasteiger partial charge in [0.15, 0.2) is 0 Å². The van der Waals surface area contributed by atoms with E-state index >= 15 is 0 Å². The van der Waals surface area contributed by atoms with E-state index in [0.717, 1.165) is 11.8 Å². The minimum absolute atomic E-state index is 1.02. The van der Waals surface area contributed by atoms with Crippen LogP contribution in [0.3, 0.4) is 0 Å². The summed E-state index contributed by atoms with van der Waals surface area (Å²) in [6.45, 7) is 4.70. The summed E-state index contributed by atoms with van der Waals surface area (Å²) >= 11 is 0. The van der Waals surface area contributed by atoms with Crippen molar-refractivity contribution < 1.29 is 0 Å². The molecule has 0 aromatic rings. The van der Waals surface area contributed by atoms with Gasteiger partial charge in [-0.15, -0.1) is 0 Å². The SMILES string of the molecule is CCCCCCC1CCC(C)CC1. The highest BCUT2D eigenvalue weighted by atomic mass is 14.2. The van der Waals surface area contributed by atoms with Gasteiger partial charge < -0.3 is 0 Å². The molecule has 0 amide bonds. The van der Waals surface area contributed by atoms with Crippen molar-refractivity contribution in [3.8, 4) is 0 Å². The molecule has 0 nitrogen and oxygen atoms in total. The Morgan fingerprint density at radius 2 is 1.62 bits per heavy atom. The summed E-state index contributed by atoms with van der Waals surface area (Å²) in [4.78, 5) is 0. The first-order valence-electron chi connectivity index (χ1n) is 6.33. The van der Waals surface area contributed by atoms with Crippen molar-refractivity contribution >= 4 is 0 Å². The summed E-state index contributed by atoms with van der Waals surface area (Å²) in [5.41, 5.74) is 0. The maximum atomic E-state index is 2.41. The molecule has 0 radical (unpaired) electrons. The molecular formula is C13H26. The van der Waals surface area contributed by atoms with Gasteiger partial charge in [0.25, 0.3) is 0 Å². The predicted octanol–water partition coefficient (Wildman–Crippen LogP) is 4.78. The number of unbranched alkanes of at least 4 members (excludes halogenated alkanes) is 3. The lowest BCUT2D eigenvalue weighted by Gasteiger charge is -2.25. The van der Waals surface area contributed by atoms with E-state index < -0.39 is 0 Å². The first kappa shape index (κ1) is 11.1. The Morgan fingerprint density at radius 1 is 0.923 bits per heavy atom. The molecular weight excluding hydrogens is 156 g/mol. The maximum absolute atomic E-state index is 2.41. The van der Waals surface area contributed by atoms with Crippen LogP contribution in [0, 0.1) is 11.8 Å². The van der Waals surface area contributed by atoms with Gasteiger partial charge in [0.1, 0.15) is 0 Å². The lowest BCUT2D eigenvalue weighted by molar-refractivity contribution is 0.271. The average molecular weight is 182 g/mol. The molecule has 0 heterocycles. The summed E-state index contributed by atoms with van der Waals surface area (Å²) in [5.74, 6) is 2.11. The van der Waals surface area contributed by atoms with Crippen molar-refractivity contribution in [3.63, 3.8) is 0 Å². The van der Waals surface area contributed by atoms with E-state index in [0.29, 0.717) is 0 Å². The normalized spacial score (nSPS) is 29.1. The van der Waals surface area contributed by atoms with Crippen LogP contribution < -0.4 is 0 Å². The lowest BCUT2D eigenvalue weighted by atomic mass is 9.80. The van der Waals surface area contributed by atoms with E-state index in [4.69, 9.17) is 0 Å². The van der Waals surface area contributed by atoms with Gasteiger partial charge in [0.2, 0.25) is 0 Å². The molecule has 0 bridgehead atoms. The number of rotatable bonds is 5. The third-order valence-electron chi connectivity index (χ3n) is 3.60. The summed E-state index contributed by atoms with van der Waals surface area (Å²) in [7, 11) is 0. The Bertz CT molecular complexity index is 109. The second kappa shape index (κ2) is 6.45. The standard InChI is InChI=1S/C13H26/c1-3-4-5-6-7-13-10-8-12(2)9-11-13/h12-13H,3-11H2,1-2H3. The first-order chi connectivity index (χ1) is 6.33. The second-order valence-electron chi connectivity index (χ2n) is 4.98. The van der Waals surface area contributed by atoms with Gasteiger partial charge in [0, 0.05) is 0 Å². The van der Waals surface area contributed by atoms with Gasteiger partial charge in [-0.3, -0.25) is 0 Å². The van der Waals surface area contributed by atoms with Gasteiger partial charge in [-0.1, -0.05) is 71.6 Å². The quantitative estimate of drug-likeness (QED) is 0.537. The molecule has 0 unspecified atom stereocenters. The fraction of sp³-hybridized carbons (Fsp3) is 1.00. The molecule has 1 aliphatic rings. The lowest BCUT2D eigenvalue weighted by Crippen LogP contribution is -2.11. The van der Waals surface area contributed by atoms with Crippen LogP contribution in [0.1, 0.15) is 71.6 Å². The van der Waals surface area contributed by atoms with Crippen LogP contribution >= 0.6 is 0 Å². The smallest absolute Gasteiger partial charge is 0.0414 e. The molecule has 1 fully saturated rings. The topological polar surface area (TPSA) is 0 Å². The molecule has 1 aliphatic carbocycles. The average Bonchev–Trinajstić information content (AvgIpc) is 2.15. The van der Waals surface area contributed by atoms with Crippen molar-refractivity contribution in [2.75, 3.05) is 0 Å². The zero-order chi connectivity index (χ0) is 9.52. The predicted molar refractivity (Wildman–Crippen MR) is 59.9 cm³/mol. The number of hydrogen-bond donors (Lipinski definition) is 0. The molecule has 0 saturated heterocycles. The summed E-state index contributed by atoms with van der Waals surface area (Å²) in [6.07, 6.45) is 13.4. The highest BCUT2D eigenvalue weighted by Gasteiger charge is 2.17. The van der Waals surface area contributed by atoms with Crippen LogP contribution in [0.2, 0.25) is 0 Å². The monoisotopic (exact) mass is 182 g/mol. The fourth-order valence-electron chi connectivity index (χ4n) is 2.48. The summed E-state index contributed by atoms with van der Waals surface area (Å²) in [6, 6.07) is 0. The zero-order valence-corrected chi connectivity index (χ0v) is 9.52. The molecule has 1 rings (SSSR count). The summed E-state index contributed by atoms with van der Waals surface area (Å²) in [5, 5.41) is 0. The van der Waals surface area contributed by atoms with Crippen LogP contribution in [0.15, 0.2) is 0 Å². The van der Waals surface area contributed by atoms with E-state index in [1.807, 2.05) is 0 Å². The van der Waals surface area contributed by atoms with Crippen molar-refractivity contribution in [3.05, 3.63) is 0 Å². The third-order valence-corrected chi connectivity index (χ3v) is 3.60. The van der Waals surface area contributed by atoms with Crippen molar-refractivity contribution in [1.29, 1.82) is 0 Å². The van der Waals surface area contributed by atoms with Crippen LogP contribution in [0.5, 0.6) is 0 Å².